The molecule has 0 bridgehead atoms. The number of esters is 1. The number of carbonyl (C=O) groups excluding carboxylic acids is 1. The molecule has 0 aromatic carbocycles. The lowest BCUT2D eigenvalue weighted by molar-refractivity contribution is -0.141. The van der Waals surface area contributed by atoms with Gasteiger partial charge in [0, 0.05) is 6.54 Å². The Kier molecular flexibility index (Phi) is 3.37. The van der Waals surface area contributed by atoms with Gasteiger partial charge in [-0.3, -0.25) is 4.79 Å². The monoisotopic (exact) mass is 249 g/mol. The van der Waals surface area contributed by atoms with Crippen LogP contribution in [0.4, 0.5) is 0 Å². The number of cyclic esters (lactones) is 1. The van der Waals surface area contributed by atoms with Crippen molar-refractivity contribution in [2.75, 3.05) is 26.2 Å². The van der Waals surface area contributed by atoms with Crippen LogP contribution in [0, 0.1) is 5.92 Å². The maximum atomic E-state index is 11.9. The summed E-state index contributed by atoms with van der Waals surface area (Å²) >= 11 is 0. The molecule has 2 aliphatic heterocycles. The van der Waals surface area contributed by atoms with Gasteiger partial charge < -0.3 is 14.1 Å². The molecule has 0 N–H and O–H groups in total. The van der Waals surface area contributed by atoms with Gasteiger partial charge in [0.2, 0.25) is 0 Å². The number of ether oxygens (including phenoxy) is 1. The molecule has 0 aliphatic carbocycles. The summed E-state index contributed by atoms with van der Waals surface area (Å²) in [6.45, 7) is 3.48. The van der Waals surface area contributed by atoms with Crippen LogP contribution in [0.1, 0.15) is 30.9 Å². The second-order valence-corrected chi connectivity index (χ2v) is 5.22. The van der Waals surface area contributed by atoms with Crippen molar-refractivity contribution in [3.05, 3.63) is 24.2 Å². The van der Waals surface area contributed by atoms with Crippen LogP contribution in [0.3, 0.4) is 0 Å². The van der Waals surface area contributed by atoms with Gasteiger partial charge in [0.15, 0.2) is 0 Å². The van der Waals surface area contributed by atoms with Crippen LogP contribution < -0.4 is 0 Å². The van der Waals surface area contributed by atoms with Gasteiger partial charge in [-0.25, -0.2) is 0 Å². The summed E-state index contributed by atoms with van der Waals surface area (Å²) in [5.74, 6) is 0.841. The van der Waals surface area contributed by atoms with E-state index in [4.69, 9.17) is 9.15 Å². The Morgan fingerprint density at radius 2 is 2.11 bits per heavy atom. The van der Waals surface area contributed by atoms with E-state index in [1.54, 1.807) is 6.26 Å². The van der Waals surface area contributed by atoms with Gasteiger partial charge in [-0.15, -0.1) is 0 Å². The van der Waals surface area contributed by atoms with Crippen molar-refractivity contribution < 1.29 is 13.9 Å². The molecule has 4 heteroatoms. The van der Waals surface area contributed by atoms with Crippen molar-refractivity contribution in [3.63, 3.8) is 0 Å². The van der Waals surface area contributed by atoms with E-state index in [0.717, 1.165) is 25.4 Å². The number of nitrogens with zero attached hydrogens (tertiary/aromatic N) is 1. The third-order valence-electron chi connectivity index (χ3n) is 4.01. The molecule has 0 radical (unpaired) electrons. The SMILES string of the molecule is O=C1OC[C@H](c2ccco2)[C@@H]1CN1CCCCC1. The Bertz CT molecular complexity index is 395. The highest BCUT2D eigenvalue weighted by molar-refractivity contribution is 5.76. The molecule has 2 aliphatic rings. The number of hydrogen-bond donors (Lipinski definition) is 0. The summed E-state index contributed by atoms with van der Waals surface area (Å²) in [6.07, 6.45) is 5.46. The Morgan fingerprint density at radius 3 is 2.83 bits per heavy atom. The second kappa shape index (κ2) is 5.14. The van der Waals surface area contributed by atoms with Gasteiger partial charge in [-0.1, -0.05) is 6.42 Å². The zero-order valence-electron chi connectivity index (χ0n) is 10.5. The molecule has 2 fully saturated rings. The average molecular weight is 249 g/mol. The minimum Gasteiger partial charge on any atom is -0.469 e. The zero-order valence-corrected chi connectivity index (χ0v) is 10.5. The fraction of sp³-hybridized carbons (Fsp3) is 0.643. The van der Waals surface area contributed by atoms with Gasteiger partial charge in [0.25, 0.3) is 0 Å². The maximum Gasteiger partial charge on any atom is 0.311 e. The molecular formula is C14H19NO3. The zero-order chi connectivity index (χ0) is 12.4. The minimum absolute atomic E-state index is 0.0609. The first kappa shape index (κ1) is 11.8. The number of furan rings is 1. The van der Waals surface area contributed by atoms with Gasteiger partial charge in [-0.2, -0.15) is 0 Å². The fourth-order valence-electron chi connectivity index (χ4n) is 2.96. The Morgan fingerprint density at radius 1 is 1.28 bits per heavy atom. The molecule has 0 saturated carbocycles. The van der Waals surface area contributed by atoms with E-state index >= 15 is 0 Å². The van der Waals surface area contributed by atoms with Crippen LogP contribution >= 0.6 is 0 Å². The lowest BCUT2D eigenvalue weighted by Crippen LogP contribution is -2.37. The Hall–Kier alpha value is -1.29. The van der Waals surface area contributed by atoms with Crippen LogP contribution in [0.5, 0.6) is 0 Å². The lowest BCUT2D eigenvalue weighted by Gasteiger charge is -2.29. The number of rotatable bonds is 3. The standard InChI is InChI=1S/C14H19NO3/c16-14-11(9-15-6-2-1-3-7-15)12(10-18-14)13-5-4-8-17-13/h4-5,8,11-12H,1-3,6-7,9-10H2/t11-,12-/m0/s1. The van der Waals surface area contributed by atoms with Crippen molar-refractivity contribution in [2.24, 2.45) is 5.92 Å². The lowest BCUT2D eigenvalue weighted by atomic mass is 9.92. The second-order valence-electron chi connectivity index (χ2n) is 5.22. The third-order valence-corrected chi connectivity index (χ3v) is 4.01. The summed E-state index contributed by atoms with van der Waals surface area (Å²) in [6, 6.07) is 3.81. The first-order valence-corrected chi connectivity index (χ1v) is 6.77. The van der Waals surface area contributed by atoms with E-state index in [2.05, 4.69) is 4.90 Å². The van der Waals surface area contributed by atoms with Crippen molar-refractivity contribution in [1.82, 2.24) is 4.90 Å². The molecule has 1 aromatic heterocycles. The van der Waals surface area contributed by atoms with Crippen molar-refractivity contribution in [3.8, 4) is 0 Å². The first-order chi connectivity index (χ1) is 8.84. The van der Waals surface area contributed by atoms with E-state index < -0.39 is 0 Å². The van der Waals surface area contributed by atoms with Crippen LogP contribution in [0.15, 0.2) is 22.8 Å². The molecule has 2 atom stereocenters. The normalized spacial score (nSPS) is 29.4. The first-order valence-electron chi connectivity index (χ1n) is 6.77. The highest BCUT2D eigenvalue weighted by Crippen LogP contribution is 2.33. The van der Waals surface area contributed by atoms with Gasteiger partial charge >= 0.3 is 5.97 Å². The van der Waals surface area contributed by atoms with Crippen LogP contribution in [0.2, 0.25) is 0 Å². The van der Waals surface area contributed by atoms with Crippen molar-refractivity contribution >= 4 is 5.97 Å². The van der Waals surface area contributed by atoms with Gasteiger partial charge in [0.1, 0.15) is 12.4 Å². The molecule has 18 heavy (non-hydrogen) atoms. The van der Waals surface area contributed by atoms with Crippen LogP contribution in [0.25, 0.3) is 0 Å². The molecule has 0 spiro atoms. The van der Waals surface area contributed by atoms with E-state index in [9.17, 15) is 4.79 Å². The largest absolute Gasteiger partial charge is 0.469 e. The Labute approximate surface area is 107 Å². The molecule has 1 aromatic rings. The number of hydrogen-bond acceptors (Lipinski definition) is 4. The molecule has 0 amide bonds. The number of likely N-dealkylation sites (tertiary alicyclic amines) is 1. The smallest absolute Gasteiger partial charge is 0.311 e. The maximum absolute atomic E-state index is 11.9. The van der Waals surface area contributed by atoms with E-state index in [-0.39, 0.29) is 17.8 Å². The summed E-state index contributed by atoms with van der Waals surface area (Å²) < 4.78 is 10.7. The van der Waals surface area contributed by atoms with Crippen LogP contribution in [-0.2, 0) is 9.53 Å². The summed E-state index contributed by atoms with van der Waals surface area (Å²) in [7, 11) is 0. The molecule has 4 nitrogen and oxygen atoms in total. The quantitative estimate of drug-likeness (QED) is 0.769. The van der Waals surface area contributed by atoms with Gasteiger partial charge in [-0.05, 0) is 38.1 Å². The predicted octanol–water partition coefficient (Wildman–Crippen LogP) is 2.02. The van der Waals surface area contributed by atoms with Gasteiger partial charge in [0.05, 0.1) is 18.1 Å². The summed E-state index contributed by atoms with van der Waals surface area (Å²) in [4.78, 5) is 14.2. The molecule has 3 rings (SSSR count). The fourth-order valence-corrected chi connectivity index (χ4v) is 2.96. The minimum atomic E-state index is -0.0676. The van der Waals surface area contributed by atoms with E-state index in [1.807, 2.05) is 12.1 Å². The summed E-state index contributed by atoms with van der Waals surface area (Å²) in [5, 5.41) is 0. The van der Waals surface area contributed by atoms with Crippen molar-refractivity contribution in [2.45, 2.75) is 25.2 Å². The van der Waals surface area contributed by atoms with Crippen molar-refractivity contribution in [1.29, 1.82) is 0 Å². The highest BCUT2D eigenvalue weighted by atomic mass is 16.5. The highest BCUT2D eigenvalue weighted by Gasteiger charge is 2.40. The van der Waals surface area contributed by atoms with E-state index in [1.165, 1.54) is 19.3 Å². The number of carbonyl (C=O) groups is 1. The molecule has 3 heterocycles. The summed E-state index contributed by atoms with van der Waals surface area (Å²) in [5.41, 5.74) is 0. The Balaban J connectivity index is 1.69. The average Bonchev–Trinajstić information content (AvgIpc) is 3.02. The van der Waals surface area contributed by atoms with E-state index in [0.29, 0.717) is 6.61 Å². The molecule has 0 unspecified atom stereocenters. The topological polar surface area (TPSA) is 42.7 Å². The molecular weight excluding hydrogens is 230 g/mol. The third kappa shape index (κ3) is 2.29. The van der Waals surface area contributed by atoms with Crippen LogP contribution in [-0.4, -0.2) is 37.1 Å². The molecule has 2 saturated heterocycles. The number of piperidine rings is 1. The predicted molar refractivity (Wildman–Crippen MR) is 66.2 cm³/mol. The molecule has 98 valence electrons.